The van der Waals surface area contributed by atoms with E-state index in [1.807, 2.05) is 6.92 Å². The predicted octanol–water partition coefficient (Wildman–Crippen LogP) is 5.50. The van der Waals surface area contributed by atoms with Crippen molar-refractivity contribution >= 4 is 46.2 Å². The van der Waals surface area contributed by atoms with Gasteiger partial charge in [0.15, 0.2) is 5.17 Å². The van der Waals surface area contributed by atoms with Gasteiger partial charge < -0.3 is 4.74 Å². The van der Waals surface area contributed by atoms with Crippen molar-refractivity contribution in [1.29, 1.82) is 0 Å². The second-order valence-electron chi connectivity index (χ2n) is 5.88. The van der Waals surface area contributed by atoms with E-state index in [1.54, 1.807) is 43.5 Å². The van der Waals surface area contributed by atoms with Crippen LogP contribution in [0.2, 0.25) is 5.02 Å². The average molecular weight is 405 g/mol. The molecule has 0 saturated carbocycles. The van der Waals surface area contributed by atoms with E-state index in [2.05, 4.69) is 4.99 Å². The van der Waals surface area contributed by atoms with Crippen molar-refractivity contribution in [2.75, 3.05) is 13.7 Å². The van der Waals surface area contributed by atoms with Gasteiger partial charge in [-0.3, -0.25) is 9.69 Å². The molecule has 0 atom stereocenters. The Kier molecular flexibility index (Phi) is 6.19. The number of carbonyl (C=O) groups excluding carboxylic acids is 1. The van der Waals surface area contributed by atoms with Gasteiger partial charge in [0.25, 0.3) is 5.91 Å². The number of hydrogen-bond acceptors (Lipinski definition) is 4. The maximum Gasteiger partial charge on any atom is 0.266 e. The van der Waals surface area contributed by atoms with Crippen LogP contribution in [0.15, 0.2) is 52.4 Å². The van der Waals surface area contributed by atoms with Crippen LogP contribution >= 0.6 is 23.4 Å². The van der Waals surface area contributed by atoms with Gasteiger partial charge in [0.1, 0.15) is 11.6 Å². The van der Waals surface area contributed by atoms with Crippen LogP contribution in [0.25, 0.3) is 6.08 Å². The third-order valence-electron chi connectivity index (χ3n) is 3.78. The quantitative estimate of drug-likeness (QED) is 0.618. The fraction of sp³-hybridized carbons (Fsp3) is 0.200. The maximum absolute atomic E-state index is 13.1. The SMILES string of the molecule is CCCOc1ccc(Cl)cc1/C=C1/SC(=Nc2ccc(F)cc2)N(C)C1=O. The summed E-state index contributed by atoms with van der Waals surface area (Å²) in [4.78, 5) is 19.0. The van der Waals surface area contributed by atoms with E-state index < -0.39 is 0 Å². The predicted molar refractivity (Wildman–Crippen MR) is 109 cm³/mol. The molecule has 0 aliphatic carbocycles. The molecule has 1 heterocycles. The number of halogens is 2. The Hall–Kier alpha value is -2.31. The Balaban J connectivity index is 1.90. The standard InChI is InChI=1S/C20H18ClFN2O2S/c1-3-10-26-17-9-4-14(21)11-13(17)12-18-19(25)24(2)20(27-18)23-16-7-5-15(22)6-8-16/h4-9,11-12H,3,10H2,1-2H3/b18-12+,23-20?. The average Bonchev–Trinajstić information content (AvgIpc) is 2.91. The molecular formula is C20H18ClFN2O2S. The fourth-order valence-corrected chi connectivity index (χ4v) is 3.55. The van der Waals surface area contributed by atoms with E-state index in [-0.39, 0.29) is 11.7 Å². The number of likely N-dealkylation sites (N-methyl/N-ethyl adjacent to an activating group) is 1. The van der Waals surface area contributed by atoms with Crippen molar-refractivity contribution in [3.8, 4) is 5.75 Å². The first kappa shape index (κ1) is 19.5. The minimum Gasteiger partial charge on any atom is -0.493 e. The Labute approximate surface area is 166 Å². The molecule has 0 N–H and O–H groups in total. The normalized spacial score (nSPS) is 17.2. The first-order valence-electron chi connectivity index (χ1n) is 8.42. The van der Waals surface area contributed by atoms with E-state index >= 15 is 0 Å². The van der Waals surface area contributed by atoms with Gasteiger partial charge in [-0.25, -0.2) is 9.38 Å². The number of amidine groups is 1. The number of hydrogen-bond donors (Lipinski definition) is 0. The van der Waals surface area contributed by atoms with Gasteiger partial charge in [0.05, 0.1) is 17.2 Å². The summed E-state index contributed by atoms with van der Waals surface area (Å²) in [5.74, 6) is 0.180. The van der Waals surface area contributed by atoms with E-state index in [9.17, 15) is 9.18 Å². The molecule has 2 aromatic carbocycles. The lowest BCUT2D eigenvalue weighted by molar-refractivity contribution is -0.121. The molecule has 0 radical (unpaired) electrons. The highest BCUT2D eigenvalue weighted by Gasteiger charge is 2.30. The van der Waals surface area contributed by atoms with Crippen molar-refractivity contribution in [3.63, 3.8) is 0 Å². The van der Waals surface area contributed by atoms with Gasteiger partial charge in [-0.05, 0) is 66.7 Å². The molecule has 4 nitrogen and oxygen atoms in total. The first-order chi connectivity index (χ1) is 13.0. The lowest BCUT2D eigenvalue weighted by atomic mass is 10.2. The number of benzene rings is 2. The van der Waals surface area contributed by atoms with Crippen molar-refractivity contribution in [2.45, 2.75) is 13.3 Å². The van der Waals surface area contributed by atoms with Gasteiger partial charge >= 0.3 is 0 Å². The summed E-state index contributed by atoms with van der Waals surface area (Å²) >= 11 is 7.36. The zero-order valence-electron chi connectivity index (χ0n) is 14.9. The minimum atomic E-state index is -0.330. The topological polar surface area (TPSA) is 41.9 Å². The van der Waals surface area contributed by atoms with Crippen LogP contribution in [-0.2, 0) is 4.79 Å². The molecule has 0 spiro atoms. The molecule has 1 fully saturated rings. The van der Waals surface area contributed by atoms with Crippen LogP contribution in [0, 0.1) is 5.82 Å². The fourth-order valence-electron chi connectivity index (χ4n) is 2.39. The van der Waals surface area contributed by atoms with Crippen molar-refractivity contribution in [2.24, 2.45) is 4.99 Å². The third-order valence-corrected chi connectivity index (χ3v) is 5.07. The molecule has 0 aromatic heterocycles. The van der Waals surface area contributed by atoms with Crippen molar-refractivity contribution in [3.05, 3.63) is 63.8 Å². The van der Waals surface area contributed by atoms with Gasteiger partial charge in [-0.15, -0.1) is 0 Å². The summed E-state index contributed by atoms with van der Waals surface area (Å²) in [5.41, 5.74) is 1.32. The highest BCUT2D eigenvalue weighted by molar-refractivity contribution is 8.18. The van der Waals surface area contributed by atoms with Gasteiger partial charge in [0.2, 0.25) is 0 Å². The zero-order valence-corrected chi connectivity index (χ0v) is 16.5. The summed E-state index contributed by atoms with van der Waals surface area (Å²) < 4.78 is 18.8. The molecule has 1 amide bonds. The van der Waals surface area contributed by atoms with E-state index in [4.69, 9.17) is 16.3 Å². The van der Waals surface area contributed by atoms with Gasteiger partial charge in [-0.1, -0.05) is 18.5 Å². The maximum atomic E-state index is 13.1. The first-order valence-corrected chi connectivity index (χ1v) is 9.61. The molecule has 0 bridgehead atoms. The number of aliphatic imine (C=N–C) groups is 1. The Morgan fingerprint density at radius 3 is 2.70 bits per heavy atom. The summed E-state index contributed by atoms with van der Waals surface area (Å²) in [6.07, 6.45) is 2.64. The third kappa shape index (κ3) is 4.70. The number of rotatable bonds is 5. The monoisotopic (exact) mass is 404 g/mol. The lowest BCUT2D eigenvalue weighted by Gasteiger charge is -2.09. The number of amides is 1. The smallest absolute Gasteiger partial charge is 0.266 e. The molecule has 27 heavy (non-hydrogen) atoms. The van der Waals surface area contributed by atoms with Crippen molar-refractivity contribution < 1.29 is 13.9 Å². The van der Waals surface area contributed by atoms with Crippen LogP contribution < -0.4 is 4.74 Å². The lowest BCUT2D eigenvalue weighted by Crippen LogP contribution is -2.23. The van der Waals surface area contributed by atoms with Gasteiger partial charge in [0, 0.05) is 17.6 Å². The summed E-state index contributed by atoms with van der Waals surface area (Å²) in [7, 11) is 1.66. The highest BCUT2D eigenvalue weighted by Crippen LogP contribution is 2.35. The highest BCUT2D eigenvalue weighted by atomic mass is 35.5. The molecule has 1 aliphatic rings. The minimum absolute atomic E-state index is 0.165. The van der Waals surface area contributed by atoms with Crippen LogP contribution in [0.1, 0.15) is 18.9 Å². The summed E-state index contributed by atoms with van der Waals surface area (Å²) in [6.45, 7) is 2.60. The second-order valence-corrected chi connectivity index (χ2v) is 7.32. The zero-order chi connectivity index (χ0) is 19.4. The Morgan fingerprint density at radius 1 is 1.26 bits per heavy atom. The number of carbonyl (C=O) groups is 1. The summed E-state index contributed by atoms with van der Waals surface area (Å²) in [5, 5.41) is 1.09. The Bertz CT molecular complexity index is 913. The van der Waals surface area contributed by atoms with Crippen molar-refractivity contribution in [1.82, 2.24) is 4.90 Å². The molecule has 1 saturated heterocycles. The molecule has 0 unspecified atom stereocenters. The van der Waals surface area contributed by atoms with Crippen LogP contribution in [0.5, 0.6) is 5.75 Å². The second kappa shape index (κ2) is 8.59. The van der Waals surface area contributed by atoms with Crippen LogP contribution in [-0.4, -0.2) is 29.6 Å². The van der Waals surface area contributed by atoms with Gasteiger partial charge in [-0.2, -0.15) is 0 Å². The largest absolute Gasteiger partial charge is 0.493 e. The van der Waals surface area contributed by atoms with Crippen LogP contribution in [0.3, 0.4) is 0 Å². The van der Waals surface area contributed by atoms with E-state index in [0.29, 0.717) is 33.1 Å². The summed E-state index contributed by atoms with van der Waals surface area (Å²) in [6, 6.07) is 11.1. The molecule has 3 rings (SSSR count). The van der Waals surface area contributed by atoms with E-state index in [1.165, 1.54) is 28.8 Å². The van der Waals surface area contributed by atoms with E-state index in [0.717, 1.165) is 12.0 Å². The molecule has 140 valence electrons. The Morgan fingerprint density at radius 2 is 2.00 bits per heavy atom. The number of nitrogens with zero attached hydrogens (tertiary/aromatic N) is 2. The number of thioether (sulfide) groups is 1. The molecule has 7 heteroatoms. The van der Waals surface area contributed by atoms with Crippen LogP contribution in [0.4, 0.5) is 10.1 Å². The molecule has 2 aromatic rings. The number of ether oxygens (including phenoxy) is 1. The molecule has 1 aliphatic heterocycles. The molecular weight excluding hydrogens is 387 g/mol.